The second-order valence-electron chi connectivity index (χ2n) is 7.17. The Bertz CT molecular complexity index is 1320. The van der Waals surface area contributed by atoms with Crippen LogP contribution in [0, 0.1) is 0 Å². The lowest BCUT2D eigenvalue weighted by Crippen LogP contribution is -2.44. The Morgan fingerprint density at radius 1 is 0.967 bits per heavy atom. The number of amides is 1. The fourth-order valence-electron chi connectivity index (χ4n) is 3.79. The summed E-state index contributed by atoms with van der Waals surface area (Å²) in [6.07, 6.45) is 0.808. The summed E-state index contributed by atoms with van der Waals surface area (Å²) >= 11 is 3.41. The number of carbonyl (C=O) groups is 1. The van der Waals surface area contributed by atoms with Crippen molar-refractivity contribution in [3.8, 4) is 0 Å². The largest absolute Gasteiger partial charge is 0.464 e. The topological polar surface area (TPSA) is 62.6 Å². The van der Waals surface area contributed by atoms with Gasteiger partial charge in [0.05, 0.1) is 16.5 Å². The van der Waals surface area contributed by atoms with Crippen molar-refractivity contribution in [2.45, 2.75) is 12.7 Å². The second-order valence-corrected chi connectivity index (χ2v) is 8.09. The van der Waals surface area contributed by atoms with E-state index < -0.39 is 6.17 Å². The Hall–Kier alpha value is -3.38. The third-order valence-corrected chi connectivity index (χ3v) is 5.77. The van der Waals surface area contributed by atoms with E-state index in [9.17, 15) is 9.59 Å². The van der Waals surface area contributed by atoms with Gasteiger partial charge in [0.1, 0.15) is 18.0 Å². The summed E-state index contributed by atoms with van der Waals surface area (Å²) in [4.78, 5) is 28.4. The number of anilines is 1. The molecule has 0 bridgehead atoms. The van der Waals surface area contributed by atoms with Gasteiger partial charge in [-0.2, -0.15) is 0 Å². The van der Waals surface area contributed by atoms with Crippen LogP contribution >= 0.6 is 15.9 Å². The zero-order valence-corrected chi connectivity index (χ0v) is 17.4. The first-order valence-electron chi connectivity index (χ1n) is 9.53. The molecule has 1 aromatic heterocycles. The highest BCUT2D eigenvalue weighted by Crippen LogP contribution is 2.33. The third kappa shape index (κ3) is 3.19. The third-order valence-electron chi connectivity index (χ3n) is 5.27. The Kier molecular flexibility index (Phi) is 4.64. The number of carbonyl (C=O) groups excluding carboxylic acids is 1. The van der Waals surface area contributed by atoms with E-state index in [1.54, 1.807) is 23.1 Å². The fourth-order valence-corrected chi connectivity index (χ4v) is 4.15. The van der Waals surface area contributed by atoms with Gasteiger partial charge < -0.3 is 14.6 Å². The Morgan fingerprint density at radius 3 is 2.57 bits per heavy atom. The summed E-state index contributed by atoms with van der Waals surface area (Å²) in [6.45, 7) is 0.363. The Balaban J connectivity index is 1.66. The van der Waals surface area contributed by atoms with Crippen LogP contribution in [0.5, 0.6) is 0 Å². The maximum Gasteiger partial charge on any atom is 0.258 e. The van der Waals surface area contributed by atoms with Crippen molar-refractivity contribution in [1.29, 1.82) is 0 Å². The first-order chi connectivity index (χ1) is 14.6. The molecule has 30 heavy (non-hydrogen) atoms. The lowest BCUT2D eigenvalue weighted by atomic mass is 10.0. The van der Waals surface area contributed by atoms with Crippen LogP contribution in [0.2, 0.25) is 0 Å². The minimum absolute atomic E-state index is 0.132. The molecule has 4 aromatic rings. The number of hydrogen-bond donors (Lipinski definition) is 1. The van der Waals surface area contributed by atoms with E-state index in [4.69, 9.17) is 4.42 Å². The zero-order valence-electron chi connectivity index (χ0n) is 15.8. The first kappa shape index (κ1) is 18.6. The summed E-state index contributed by atoms with van der Waals surface area (Å²) in [6, 6.07) is 22.4. The highest BCUT2D eigenvalue weighted by atomic mass is 79.9. The van der Waals surface area contributed by atoms with Crippen LogP contribution in [-0.2, 0) is 6.54 Å². The maximum absolute atomic E-state index is 13.4. The van der Waals surface area contributed by atoms with E-state index in [1.807, 2.05) is 54.6 Å². The molecule has 1 unspecified atom stereocenters. The minimum atomic E-state index is -0.646. The average molecular weight is 461 g/mol. The highest BCUT2D eigenvalue weighted by Gasteiger charge is 2.34. The van der Waals surface area contributed by atoms with Crippen molar-refractivity contribution in [3.05, 3.63) is 110 Å². The number of hydrogen-bond acceptors (Lipinski definition) is 4. The number of para-hydroxylation sites is 1. The van der Waals surface area contributed by atoms with Gasteiger partial charge in [-0.1, -0.05) is 58.4 Å². The minimum Gasteiger partial charge on any atom is -0.464 e. The van der Waals surface area contributed by atoms with Gasteiger partial charge in [-0.15, -0.1) is 0 Å². The van der Waals surface area contributed by atoms with E-state index in [0.717, 1.165) is 10.0 Å². The van der Waals surface area contributed by atoms with E-state index in [1.165, 1.54) is 6.26 Å². The quantitative estimate of drug-likeness (QED) is 0.449. The smallest absolute Gasteiger partial charge is 0.258 e. The SMILES string of the molecule is O=C1c2ccccc2NC(c2coc3ccc(Br)cc3c2=O)N1Cc1ccccc1. The molecule has 1 aliphatic heterocycles. The van der Waals surface area contributed by atoms with Crippen LogP contribution in [0.1, 0.15) is 27.7 Å². The molecule has 0 spiro atoms. The zero-order chi connectivity index (χ0) is 20.7. The van der Waals surface area contributed by atoms with Crippen molar-refractivity contribution in [3.63, 3.8) is 0 Å². The number of fused-ring (bicyclic) bond motifs is 2. The standard InChI is InChI=1S/C24H17BrN2O3/c25-16-10-11-21-18(12-16)22(28)19(14-30-21)23-26-20-9-5-4-8-17(20)24(29)27(23)13-15-6-2-1-3-7-15/h1-12,14,23,26H,13H2. The lowest BCUT2D eigenvalue weighted by Gasteiger charge is -2.37. The maximum atomic E-state index is 13.4. The van der Waals surface area contributed by atoms with Crippen LogP contribution in [0.4, 0.5) is 5.69 Å². The number of nitrogens with zero attached hydrogens (tertiary/aromatic N) is 1. The molecule has 1 N–H and O–H groups in total. The molecule has 0 fully saturated rings. The van der Waals surface area contributed by atoms with E-state index in [-0.39, 0.29) is 11.3 Å². The monoisotopic (exact) mass is 460 g/mol. The second kappa shape index (κ2) is 7.46. The van der Waals surface area contributed by atoms with Crippen molar-refractivity contribution in [1.82, 2.24) is 4.90 Å². The Labute approximate surface area is 181 Å². The molecule has 5 nitrogen and oxygen atoms in total. The molecule has 5 rings (SSSR count). The lowest BCUT2D eigenvalue weighted by molar-refractivity contribution is 0.0664. The van der Waals surface area contributed by atoms with Crippen LogP contribution in [0.3, 0.4) is 0 Å². The molecule has 1 aliphatic rings. The van der Waals surface area contributed by atoms with Crippen LogP contribution in [0.15, 0.2) is 92.7 Å². The van der Waals surface area contributed by atoms with Gasteiger partial charge in [-0.05, 0) is 35.9 Å². The van der Waals surface area contributed by atoms with Gasteiger partial charge in [0.25, 0.3) is 5.91 Å². The summed E-state index contributed by atoms with van der Waals surface area (Å²) in [5.74, 6) is -0.132. The van der Waals surface area contributed by atoms with E-state index in [0.29, 0.717) is 34.3 Å². The first-order valence-corrected chi connectivity index (χ1v) is 10.3. The predicted molar refractivity (Wildman–Crippen MR) is 119 cm³/mol. The van der Waals surface area contributed by atoms with Gasteiger partial charge in [0, 0.05) is 16.7 Å². The van der Waals surface area contributed by atoms with Crippen LogP contribution in [-0.4, -0.2) is 10.8 Å². The molecule has 1 atom stereocenters. The van der Waals surface area contributed by atoms with E-state index >= 15 is 0 Å². The summed E-state index contributed by atoms with van der Waals surface area (Å²) in [5, 5.41) is 3.83. The van der Waals surface area contributed by atoms with Gasteiger partial charge >= 0.3 is 0 Å². The molecule has 148 valence electrons. The van der Waals surface area contributed by atoms with Crippen molar-refractivity contribution in [2.24, 2.45) is 0 Å². The molecule has 0 saturated heterocycles. The molecule has 3 aromatic carbocycles. The molecule has 1 amide bonds. The fraction of sp³-hybridized carbons (Fsp3) is 0.0833. The van der Waals surface area contributed by atoms with Gasteiger partial charge in [-0.3, -0.25) is 9.59 Å². The van der Waals surface area contributed by atoms with Crippen molar-refractivity contribution < 1.29 is 9.21 Å². The summed E-state index contributed by atoms with van der Waals surface area (Å²) in [5.41, 5.74) is 2.98. The molecule has 0 radical (unpaired) electrons. The highest BCUT2D eigenvalue weighted by molar-refractivity contribution is 9.10. The van der Waals surface area contributed by atoms with Crippen molar-refractivity contribution >= 4 is 38.5 Å². The predicted octanol–water partition coefficient (Wildman–Crippen LogP) is 5.32. The van der Waals surface area contributed by atoms with Crippen molar-refractivity contribution in [2.75, 3.05) is 5.32 Å². The summed E-state index contributed by atoms with van der Waals surface area (Å²) < 4.78 is 6.55. The number of halogens is 1. The number of nitrogens with one attached hydrogen (secondary N) is 1. The van der Waals surface area contributed by atoms with Crippen LogP contribution < -0.4 is 10.7 Å². The average Bonchev–Trinajstić information content (AvgIpc) is 2.77. The molecular weight excluding hydrogens is 444 g/mol. The molecule has 0 saturated carbocycles. The number of benzene rings is 3. The Morgan fingerprint density at radius 2 is 1.73 bits per heavy atom. The van der Waals surface area contributed by atoms with E-state index in [2.05, 4.69) is 21.2 Å². The number of rotatable bonds is 3. The molecular formula is C24H17BrN2O3. The normalized spacial score (nSPS) is 15.7. The van der Waals surface area contributed by atoms with Crippen LogP contribution in [0.25, 0.3) is 11.0 Å². The summed E-state index contributed by atoms with van der Waals surface area (Å²) in [7, 11) is 0. The van der Waals surface area contributed by atoms with Gasteiger partial charge in [-0.25, -0.2) is 0 Å². The van der Waals surface area contributed by atoms with Gasteiger partial charge in [0.15, 0.2) is 5.43 Å². The molecule has 2 heterocycles. The van der Waals surface area contributed by atoms with Gasteiger partial charge in [0.2, 0.25) is 0 Å². The molecule has 0 aliphatic carbocycles. The molecule has 6 heteroatoms.